The van der Waals surface area contributed by atoms with Crippen molar-refractivity contribution in [1.29, 1.82) is 0 Å². The van der Waals surface area contributed by atoms with Crippen molar-refractivity contribution in [2.45, 2.75) is 6.92 Å². The summed E-state index contributed by atoms with van der Waals surface area (Å²) in [5.41, 5.74) is 5.82. The summed E-state index contributed by atoms with van der Waals surface area (Å²) in [6.07, 6.45) is 0. The standard InChI is InChI=1S/C14H17N5O4/c1-2-22-10-5-3-9(4-6-10)13(20)16-7-8-17-14(21)11-12(15)19-23-18-11/h3-6H,2,7-8H2,1H3,(H2,15,19)(H,16,20)(H,17,21). The Morgan fingerprint density at radius 3 is 2.35 bits per heavy atom. The van der Waals surface area contributed by atoms with Crippen molar-refractivity contribution in [3.05, 3.63) is 35.5 Å². The van der Waals surface area contributed by atoms with E-state index in [0.717, 1.165) is 0 Å². The Hall–Kier alpha value is -3.10. The Morgan fingerprint density at radius 2 is 1.78 bits per heavy atom. The minimum Gasteiger partial charge on any atom is -0.494 e. The molecule has 0 aliphatic rings. The molecule has 0 unspecified atom stereocenters. The van der Waals surface area contributed by atoms with Crippen LogP contribution in [0.2, 0.25) is 0 Å². The van der Waals surface area contributed by atoms with Crippen molar-refractivity contribution in [1.82, 2.24) is 20.9 Å². The molecule has 0 spiro atoms. The number of hydrogen-bond acceptors (Lipinski definition) is 7. The number of carbonyl (C=O) groups is 2. The Balaban J connectivity index is 1.74. The second-order valence-electron chi connectivity index (χ2n) is 4.47. The van der Waals surface area contributed by atoms with Crippen LogP contribution in [0.1, 0.15) is 27.8 Å². The Labute approximate surface area is 132 Å². The van der Waals surface area contributed by atoms with Crippen LogP contribution < -0.4 is 21.1 Å². The van der Waals surface area contributed by atoms with Crippen LogP contribution in [0.4, 0.5) is 5.82 Å². The highest BCUT2D eigenvalue weighted by Crippen LogP contribution is 2.11. The number of nitrogen functional groups attached to an aromatic ring is 1. The number of nitrogens with two attached hydrogens (primary N) is 1. The molecule has 4 N–H and O–H groups in total. The van der Waals surface area contributed by atoms with Gasteiger partial charge in [0.2, 0.25) is 11.5 Å². The van der Waals surface area contributed by atoms with Crippen molar-refractivity contribution >= 4 is 17.6 Å². The molecule has 0 aliphatic carbocycles. The number of ether oxygens (including phenoxy) is 1. The molecule has 2 amide bonds. The van der Waals surface area contributed by atoms with E-state index in [4.69, 9.17) is 10.5 Å². The first-order valence-corrected chi connectivity index (χ1v) is 6.99. The lowest BCUT2D eigenvalue weighted by Crippen LogP contribution is -2.35. The highest BCUT2D eigenvalue weighted by atomic mass is 16.6. The first kappa shape index (κ1) is 16.3. The van der Waals surface area contributed by atoms with Crippen LogP contribution in [-0.2, 0) is 0 Å². The van der Waals surface area contributed by atoms with E-state index < -0.39 is 5.91 Å². The van der Waals surface area contributed by atoms with Crippen molar-refractivity contribution in [3.63, 3.8) is 0 Å². The number of nitrogens with one attached hydrogen (secondary N) is 2. The molecule has 9 nitrogen and oxygen atoms in total. The predicted octanol–water partition coefficient (Wildman–Crippen LogP) is 0.210. The van der Waals surface area contributed by atoms with Gasteiger partial charge in [0.05, 0.1) is 6.61 Å². The molecule has 1 aromatic carbocycles. The number of aromatic nitrogens is 2. The van der Waals surface area contributed by atoms with Crippen molar-refractivity contribution in [2.24, 2.45) is 0 Å². The van der Waals surface area contributed by atoms with Crippen LogP contribution >= 0.6 is 0 Å². The highest BCUT2D eigenvalue weighted by molar-refractivity contribution is 5.96. The number of rotatable bonds is 7. The zero-order valence-electron chi connectivity index (χ0n) is 12.5. The molecule has 2 rings (SSSR count). The number of benzene rings is 1. The van der Waals surface area contributed by atoms with Crippen LogP contribution in [0.25, 0.3) is 0 Å². The molecule has 1 aromatic heterocycles. The zero-order chi connectivity index (χ0) is 16.7. The molecule has 122 valence electrons. The van der Waals surface area contributed by atoms with E-state index in [1.165, 1.54) is 0 Å². The normalized spacial score (nSPS) is 10.1. The Morgan fingerprint density at radius 1 is 1.13 bits per heavy atom. The first-order valence-electron chi connectivity index (χ1n) is 6.99. The molecular weight excluding hydrogens is 302 g/mol. The second kappa shape index (κ2) is 7.78. The minimum atomic E-state index is -0.515. The molecule has 1 heterocycles. The van der Waals surface area contributed by atoms with E-state index in [2.05, 4.69) is 25.6 Å². The van der Waals surface area contributed by atoms with Gasteiger partial charge < -0.3 is 21.1 Å². The average Bonchev–Trinajstić information content (AvgIpc) is 2.98. The SMILES string of the molecule is CCOc1ccc(C(=O)NCCNC(=O)c2nonc2N)cc1. The molecule has 0 bridgehead atoms. The van der Waals surface area contributed by atoms with Gasteiger partial charge in [-0.25, -0.2) is 4.63 Å². The lowest BCUT2D eigenvalue weighted by atomic mass is 10.2. The summed E-state index contributed by atoms with van der Waals surface area (Å²) in [5, 5.41) is 11.9. The van der Waals surface area contributed by atoms with E-state index >= 15 is 0 Å². The van der Waals surface area contributed by atoms with Crippen LogP contribution in [0.3, 0.4) is 0 Å². The Bertz CT molecular complexity index is 668. The van der Waals surface area contributed by atoms with Crippen molar-refractivity contribution in [2.75, 3.05) is 25.4 Å². The van der Waals surface area contributed by atoms with Crippen LogP contribution in [-0.4, -0.2) is 41.8 Å². The quantitative estimate of drug-likeness (QED) is 0.621. The first-order chi connectivity index (χ1) is 11.1. The molecule has 23 heavy (non-hydrogen) atoms. The lowest BCUT2D eigenvalue weighted by Gasteiger charge is -2.07. The van der Waals surface area contributed by atoms with E-state index in [1.807, 2.05) is 6.92 Å². The maximum atomic E-state index is 11.9. The fourth-order valence-corrected chi connectivity index (χ4v) is 1.76. The number of carbonyl (C=O) groups excluding carboxylic acids is 2. The molecule has 0 aliphatic heterocycles. The molecule has 0 fully saturated rings. The summed E-state index contributed by atoms with van der Waals surface area (Å²) in [6, 6.07) is 6.78. The maximum absolute atomic E-state index is 11.9. The van der Waals surface area contributed by atoms with E-state index in [-0.39, 0.29) is 30.5 Å². The molecule has 2 aromatic rings. The van der Waals surface area contributed by atoms with Crippen molar-refractivity contribution in [3.8, 4) is 5.75 Å². The van der Waals surface area contributed by atoms with Gasteiger partial charge in [-0.2, -0.15) is 0 Å². The smallest absolute Gasteiger partial charge is 0.277 e. The van der Waals surface area contributed by atoms with Gasteiger partial charge in [0.15, 0.2) is 0 Å². The third-order valence-electron chi connectivity index (χ3n) is 2.85. The van der Waals surface area contributed by atoms with Crippen LogP contribution in [0.5, 0.6) is 5.75 Å². The summed E-state index contributed by atoms with van der Waals surface area (Å²) in [6.45, 7) is 2.92. The highest BCUT2D eigenvalue weighted by Gasteiger charge is 2.15. The fourth-order valence-electron chi connectivity index (χ4n) is 1.76. The van der Waals surface area contributed by atoms with Crippen molar-refractivity contribution < 1.29 is 19.0 Å². The van der Waals surface area contributed by atoms with Crippen LogP contribution in [0, 0.1) is 0 Å². The van der Waals surface area contributed by atoms with Gasteiger partial charge in [-0.1, -0.05) is 0 Å². The summed E-state index contributed by atoms with van der Waals surface area (Å²) in [7, 11) is 0. The number of nitrogens with zero attached hydrogens (tertiary/aromatic N) is 2. The molecule has 0 saturated heterocycles. The van der Waals surface area contributed by atoms with Crippen LogP contribution in [0.15, 0.2) is 28.9 Å². The van der Waals surface area contributed by atoms with E-state index in [0.29, 0.717) is 17.9 Å². The monoisotopic (exact) mass is 319 g/mol. The molecule has 9 heteroatoms. The number of anilines is 1. The van der Waals surface area contributed by atoms with Gasteiger partial charge in [-0.15, -0.1) is 0 Å². The third-order valence-corrected chi connectivity index (χ3v) is 2.85. The predicted molar refractivity (Wildman–Crippen MR) is 81.0 cm³/mol. The van der Waals surface area contributed by atoms with Gasteiger partial charge in [0.25, 0.3) is 11.8 Å². The Kier molecular flexibility index (Phi) is 5.50. The zero-order valence-corrected chi connectivity index (χ0v) is 12.5. The third kappa shape index (κ3) is 4.43. The van der Waals surface area contributed by atoms with Gasteiger partial charge in [-0.05, 0) is 41.5 Å². The summed E-state index contributed by atoms with van der Waals surface area (Å²) >= 11 is 0. The lowest BCUT2D eigenvalue weighted by molar-refractivity contribution is 0.0922. The molecule has 0 atom stereocenters. The minimum absolute atomic E-state index is 0.0807. The van der Waals surface area contributed by atoms with Gasteiger partial charge in [0, 0.05) is 18.7 Å². The van der Waals surface area contributed by atoms with Gasteiger partial charge in [-0.3, -0.25) is 9.59 Å². The molecular formula is C14H17N5O4. The van der Waals surface area contributed by atoms with Gasteiger partial charge >= 0.3 is 0 Å². The number of hydrogen-bond donors (Lipinski definition) is 3. The largest absolute Gasteiger partial charge is 0.494 e. The molecule has 0 saturated carbocycles. The fraction of sp³-hybridized carbons (Fsp3) is 0.286. The number of amides is 2. The molecule has 0 radical (unpaired) electrons. The maximum Gasteiger partial charge on any atom is 0.277 e. The summed E-state index contributed by atoms with van der Waals surface area (Å²) in [4.78, 5) is 23.6. The van der Waals surface area contributed by atoms with Gasteiger partial charge in [0.1, 0.15) is 5.75 Å². The second-order valence-corrected chi connectivity index (χ2v) is 4.47. The topological polar surface area (TPSA) is 132 Å². The summed E-state index contributed by atoms with van der Waals surface area (Å²) < 4.78 is 9.63. The average molecular weight is 319 g/mol. The summed E-state index contributed by atoms with van der Waals surface area (Å²) in [5.74, 6) is -0.139. The van der Waals surface area contributed by atoms with E-state index in [9.17, 15) is 9.59 Å². The van der Waals surface area contributed by atoms with E-state index in [1.54, 1.807) is 24.3 Å².